The van der Waals surface area contributed by atoms with Crippen LogP contribution in [0.3, 0.4) is 0 Å². The van der Waals surface area contributed by atoms with Gasteiger partial charge in [-0.25, -0.2) is 4.98 Å². The zero-order valence-electron chi connectivity index (χ0n) is 19.8. The normalized spacial score (nSPS) is 12.5. The molecule has 1 amide bonds. The van der Waals surface area contributed by atoms with E-state index in [1.54, 1.807) is 12.5 Å². The summed E-state index contributed by atoms with van der Waals surface area (Å²) in [7, 11) is 0. The van der Waals surface area contributed by atoms with E-state index in [9.17, 15) is 4.79 Å². The van der Waals surface area contributed by atoms with Gasteiger partial charge >= 0.3 is 0 Å². The number of nitrogens with one attached hydrogen (secondary N) is 3. The molecule has 0 atom stereocenters. The first-order chi connectivity index (χ1) is 17.6. The molecule has 0 fully saturated rings. The number of furan rings is 1. The monoisotopic (exact) mass is 475 g/mol. The van der Waals surface area contributed by atoms with Gasteiger partial charge in [-0.15, -0.1) is 0 Å². The van der Waals surface area contributed by atoms with Crippen molar-refractivity contribution in [3.8, 4) is 0 Å². The zero-order chi connectivity index (χ0) is 24.5. The largest absolute Gasteiger partial charge is 0.464 e. The molecule has 7 nitrogen and oxygen atoms in total. The average molecular weight is 476 g/mol. The van der Waals surface area contributed by atoms with Crippen LogP contribution in [0.25, 0.3) is 11.0 Å². The minimum absolute atomic E-state index is 0.0797. The minimum atomic E-state index is -0.0797. The smallest absolute Gasteiger partial charge is 0.229 e. The van der Waals surface area contributed by atoms with Crippen molar-refractivity contribution >= 4 is 45.7 Å². The summed E-state index contributed by atoms with van der Waals surface area (Å²) in [6.45, 7) is 1.97. The Hall–Kier alpha value is -4.65. The van der Waals surface area contributed by atoms with Crippen LogP contribution in [-0.4, -0.2) is 15.9 Å². The summed E-state index contributed by atoms with van der Waals surface area (Å²) in [6, 6.07) is 22.0. The maximum absolute atomic E-state index is 13.0. The molecule has 6 rings (SSSR count). The van der Waals surface area contributed by atoms with Gasteiger partial charge in [0.05, 0.1) is 12.7 Å². The van der Waals surface area contributed by atoms with E-state index in [0.717, 1.165) is 63.4 Å². The van der Waals surface area contributed by atoms with Crippen LogP contribution in [0.15, 0.2) is 83.6 Å². The van der Waals surface area contributed by atoms with E-state index in [1.807, 2.05) is 55.5 Å². The van der Waals surface area contributed by atoms with Gasteiger partial charge in [0.2, 0.25) is 11.9 Å². The topological polar surface area (TPSA) is 92.1 Å². The molecule has 0 saturated heterocycles. The average Bonchev–Trinajstić information content (AvgIpc) is 3.28. The number of para-hydroxylation sites is 1. The second-order valence-electron chi connectivity index (χ2n) is 9.03. The van der Waals surface area contributed by atoms with Crippen molar-refractivity contribution in [2.45, 2.75) is 26.2 Å². The van der Waals surface area contributed by atoms with E-state index in [1.165, 1.54) is 5.56 Å². The van der Waals surface area contributed by atoms with E-state index >= 15 is 0 Å². The number of rotatable bonds is 3. The Morgan fingerprint density at radius 2 is 1.89 bits per heavy atom. The molecular weight excluding hydrogens is 450 g/mol. The molecule has 178 valence electrons. The fraction of sp³-hybridized carbons (Fsp3) is 0.138. The van der Waals surface area contributed by atoms with Crippen LogP contribution in [0.4, 0.5) is 28.8 Å². The molecule has 7 heteroatoms. The Balaban J connectivity index is 1.31. The summed E-state index contributed by atoms with van der Waals surface area (Å²) in [5.74, 6) is 1.19. The lowest BCUT2D eigenvalue weighted by Crippen LogP contribution is -2.16. The van der Waals surface area contributed by atoms with Gasteiger partial charge in [-0.3, -0.25) is 4.79 Å². The van der Waals surface area contributed by atoms with Crippen molar-refractivity contribution in [1.29, 1.82) is 0 Å². The Morgan fingerprint density at radius 1 is 1.00 bits per heavy atom. The van der Waals surface area contributed by atoms with E-state index < -0.39 is 0 Å². The predicted octanol–water partition coefficient (Wildman–Crippen LogP) is 6.30. The minimum Gasteiger partial charge on any atom is -0.464 e. The summed E-state index contributed by atoms with van der Waals surface area (Å²) in [6.07, 6.45) is 5.30. The Labute approximate surface area is 208 Å². The third-order valence-corrected chi connectivity index (χ3v) is 6.39. The van der Waals surface area contributed by atoms with Crippen molar-refractivity contribution in [2.24, 2.45) is 0 Å². The highest BCUT2D eigenvalue weighted by Gasteiger charge is 2.14. The number of anilines is 5. The number of carbonyl (C=O) groups is 1. The quantitative estimate of drug-likeness (QED) is 0.284. The van der Waals surface area contributed by atoms with Crippen molar-refractivity contribution in [3.05, 3.63) is 101 Å². The molecule has 0 aliphatic carbocycles. The first kappa shape index (κ1) is 21.9. The Morgan fingerprint density at radius 3 is 2.83 bits per heavy atom. The highest BCUT2D eigenvalue weighted by Crippen LogP contribution is 2.28. The summed E-state index contributed by atoms with van der Waals surface area (Å²) in [4.78, 5) is 22.1. The molecule has 1 aliphatic rings. The number of hydrogen-bond acceptors (Lipinski definition) is 6. The van der Waals surface area contributed by atoms with Crippen LogP contribution in [0.2, 0.25) is 0 Å². The molecule has 2 aromatic heterocycles. The number of aryl methyl sites for hydroxylation is 3. The van der Waals surface area contributed by atoms with Gasteiger partial charge in [-0.2, -0.15) is 4.98 Å². The lowest BCUT2D eigenvalue weighted by Gasteiger charge is -2.15. The Kier molecular flexibility index (Phi) is 5.58. The van der Waals surface area contributed by atoms with E-state index in [-0.39, 0.29) is 12.3 Å². The highest BCUT2D eigenvalue weighted by atomic mass is 16.3. The molecule has 0 saturated carbocycles. The lowest BCUT2D eigenvalue weighted by atomic mass is 10.0. The van der Waals surface area contributed by atoms with Gasteiger partial charge in [-0.05, 0) is 67.3 Å². The van der Waals surface area contributed by atoms with Crippen molar-refractivity contribution in [3.63, 3.8) is 0 Å². The number of hydrogen-bond donors (Lipinski definition) is 3. The lowest BCUT2D eigenvalue weighted by molar-refractivity contribution is -0.115. The third-order valence-electron chi connectivity index (χ3n) is 6.39. The number of carbonyl (C=O) groups excluding carboxylic acids is 1. The molecule has 0 unspecified atom stereocenters. The second kappa shape index (κ2) is 9.19. The molecule has 1 aliphatic heterocycles. The highest BCUT2D eigenvalue weighted by molar-refractivity contribution is 5.96. The molecule has 0 spiro atoms. The van der Waals surface area contributed by atoms with Crippen molar-refractivity contribution < 1.29 is 9.21 Å². The van der Waals surface area contributed by atoms with Crippen LogP contribution in [0.1, 0.15) is 22.3 Å². The first-order valence-electron chi connectivity index (χ1n) is 12.0. The number of benzene rings is 3. The second-order valence-corrected chi connectivity index (χ2v) is 9.03. The van der Waals surface area contributed by atoms with Crippen LogP contribution in [0.5, 0.6) is 0 Å². The fourth-order valence-electron chi connectivity index (χ4n) is 4.52. The molecule has 36 heavy (non-hydrogen) atoms. The van der Waals surface area contributed by atoms with Gasteiger partial charge in [0, 0.05) is 39.8 Å². The van der Waals surface area contributed by atoms with Gasteiger partial charge < -0.3 is 20.4 Å². The maximum atomic E-state index is 13.0. The third kappa shape index (κ3) is 4.51. The van der Waals surface area contributed by atoms with Gasteiger partial charge in [0.25, 0.3) is 0 Å². The molecule has 5 aromatic rings. The molecule has 6 bridgehead atoms. The molecule has 3 heterocycles. The van der Waals surface area contributed by atoms with Crippen LogP contribution >= 0.6 is 0 Å². The molecular formula is C29H25N5O2. The summed E-state index contributed by atoms with van der Waals surface area (Å²) < 4.78 is 5.60. The van der Waals surface area contributed by atoms with Crippen molar-refractivity contribution in [2.75, 3.05) is 16.0 Å². The first-order valence-corrected chi connectivity index (χ1v) is 12.0. The molecule has 3 aromatic carbocycles. The predicted molar refractivity (Wildman–Crippen MR) is 142 cm³/mol. The maximum Gasteiger partial charge on any atom is 0.229 e. The summed E-state index contributed by atoms with van der Waals surface area (Å²) in [5.41, 5.74) is 7.49. The van der Waals surface area contributed by atoms with Crippen LogP contribution < -0.4 is 16.0 Å². The number of aromatic nitrogens is 2. The van der Waals surface area contributed by atoms with E-state index in [2.05, 4.69) is 44.1 Å². The fourth-order valence-corrected chi connectivity index (χ4v) is 4.52. The number of nitrogens with zero attached hydrogens (tertiary/aromatic N) is 2. The molecule has 3 N–H and O–H groups in total. The van der Waals surface area contributed by atoms with E-state index in [0.29, 0.717) is 5.95 Å². The van der Waals surface area contributed by atoms with Crippen LogP contribution in [0, 0.1) is 6.92 Å². The van der Waals surface area contributed by atoms with Gasteiger partial charge in [0.1, 0.15) is 11.4 Å². The number of fused-ring (bicyclic) bond motifs is 7. The SMILES string of the molecule is Cc1cnc2nc1Nc1ccc(NC(=O)Cc3coc4ccccc34)c(c1)CCc1cccc(c1)N2. The Bertz CT molecular complexity index is 1590. The van der Waals surface area contributed by atoms with Crippen LogP contribution in [-0.2, 0) is 24.1 Å². The van der Waals surface area contributed by atoms with Gasteiger partial charge in [0.15, 0.2) is 0 Å². The number of amides is 1. The molecule has 0 radical (unpaired) electrons. The summed E-state index contributed by atoms with van der Waals surface area (Å²) >= 11 is 0. The van der Waals surface area contributed by atoms with Gasteiger partial charge in [-0.1, -0.05) is 30.3 Å². The standard InChI is InChI=1S/C29H25N5O2/c1-18-16-30-29-32-22-6-4-5-19(13-22)9-10-20-14-23(31-28(18)34-29)11-12-25(20)33-27(35)15-21-17-36-26-8-3-2-7-24(21)26/h2-8,11-14,16-17H,9-10,15H2,1H3,(H,33,35)(H2,30,31,32,34). The zero-order valence-corrected chi connectivity index (χ0v) is 19.8. The summed E-state index contributed by atoms with van der Waals surface area (Å²) in [5, 5.41) is 10.8. The van der Waals surface area contributed by atoms with E-state index in [4.69, 9.17) is 4.42 Å². The van der Waals surface area contributed by atoms with Crippen molar-refractivity contribution in [1.82, 2.24) is 9.97 Å².